The summed E-state index contributed by atoms with van der Waals surface area (Å²) in [6, 6.07) is 0. The summed E-state index contributed by atoms with van der Waals surface area (Å²) >= 11 is 0. The molecule has 1 aliphatic carbocycles. The molecule has 2 heteroatoms. The van der Waals surface area contributed by atoms with Crippen LogP contribution >= 0.6 is 0 Å². The maximum Gasteiger partial charge on any atom is 0.0876 e. The van der Waals surface area contributed by atoms with Crippen molar-refractivity contribution in [3.63, 3.8) is 0 Å². The fourth-order valence-electron chi connectivity index (χ4n) is 1.65. The summed E-state index contributed by atoms with van der Waals surface area (Å²) in [6.07, 6.45) is 7.20. The third-order valence-corrected chi connectivity index (χ3v) is 2.64. The van der Waals surface area contributed by atoms with Crippen molar-refractivity contribution in [2.75, 3.05) is 6.61 Å². The molecule has 2 rings (SSSR count). The Balaban J connectivity index is 1.83. The van der Waals surface area contributed by atoms with Gasteiger partial charge in [0.05, 0.1) is 19.0 Å². The first kappa shape index (κ1) is 8.11. The lowest BCUT2D eigenvalue weighted by Crippen LogP contribution is -2.14. The van der Waals surface area contributed by atoms with E-state index in [0.29, 0.717) is 0 Å². The van der Waals surface area contributed by atoms with Crippen LogP contribution in [0.25, 0.3) is 0 Å². The van der Waals surface area contributed by atoms with Gasteiger partial charge in [0.1, 0.15) is 0 Å². The summed E-state index contributed by atoms with van der Waals surface area (Å²) in [5.41, 5.74) is 1.10. The number of rotatable bonds is 3. The molecule has 68 valence electrons. The van der Waals surface area contributed by atoms with Crippen molar-refractivity contribution in [1.29, 1.82) is 0 Å². The first-order valence-electron chi connectivity index (χ1n) is 4.85. The fraction of sp³-hybridized carbons (Fsp3) is 0.800. The lowest BCUT2D eigenvalue weighted by molar-refractivity contribution is 0.158. The smallest absolute Gasteiger partial charge is 0.0876 e. The highest BCUT2D eigenvalue weighted by atomic mass is 16.5. The molecule has 0 saturated heterocycles. The predicted molar refractivity (Wildman–Crippen MR) is 46.6 cm³/mol. The largest absolute Gasteiger partial charge is 0.501 e. The van der Waals surface area contributed by atoms with Crippen molar-refractivity contribution < 1.29 is 9.84 Å². The zero-order valence-electron chi connectivity index (χ0n) is 7.33. The van der Waals surface area contributed by atoms with Crippen LogP contribution in [0.2, 0.25) is 0 Å². The highest BCUT2D eigenvalue weighted by Gasteiger charge is 2.26. The van der Waals surface area contributed by atoms with Gasteiger partial charge in [-0.3, -0.25) is 0 Å². The Morgan fingerprint density at radius 1 is 1.58 bits per heavy atom. The minimum atomic E-state index is -0.224. The molecule has 0 aromatic heterocycles. The van der Waals surface area contributed by atoms with E-state index in [0.717, 1.165) is 37.4 Å². The van der Waals surface area contributed by atoms with Crippen LogP contribution in [0.15, 0.2) is 11.8 Å². The van der Waals surface area contributed by atoms with Crippen molar-refractivity contribution >= 4 is 0 Å². The molecule has 1 unspecified atom stereocenters. The lowest BCUT2D eigenvalue weighted by atomic mass is 10.0. The molecule has 0 aromatic carbocycles. The molecule has 0 spiro atoms. The van der Waals surface area contributed by atoms with Crippen LogP contribution in [-0.4, -0.2) is 17.8 Å². The molecule has 1 atom stereocenters. The van der Waals surface area contributed by atoms with E-state index in [1.807, 2.05) is 0 Å². The van der Waals surface area contributed by atoms with Crippen LogP contribution in [0, 0.1) is 5.92 Å². The molecule has 0 amide bonds. The van der Waals surface area contributed by atoms with Crippen LogP contribution < -0.4 is 0 Å². The van der Waals surface area contributed by atoms with Gasteiger partial charge in [-0.05, 0) is 30.8 Å². The zero-order chi connectivity index (χ0) is 8.39. The SMILES string of the molecule is OC(CC1CC1)C1=COCCC1. The number of aliphatic hydroxyl groups is 1. The van der Waals surface area contributed by atoms with E-state index >= 15 is 0 Å². The van der Waals surface area contributed by atoms with Crippen molar-refractivity contribution in [1.82, 2.24) is 0 Å². The van der Waals surface area contributed by atoms with Crippen molar-refractivity contribution in [3.05, 3.63) is 11.8 Å². The monoisotopic (exact) mass is 168 g/mol. The van der Waals surface area contributed by atoms with Crippen LogP contribution in [0.4, 0.5) is 0 Å². The second-order valence-electron chi connectivity index (χ2n) is 3.86. The van der Waals surface area contributed by atoms with Crippen LogP contribution in [0.5, 0.6) is 0 Å². The molecule has 2 nitrogen and oxygen atoms in total. The topological polar surface area (TPSA) is 29.5 Å². The van der Waals surface area contributed by atoms with Gasteiger partial charge in [-0.25, -0.2) is 0 Å². The number of aliphatic hydroxyl groups excluding tert-OH is 1. The Bertz CT molecular complexity index is 182. The first-order chi connectivity index (χ1) is 5.86. The highest BCUT2D eigenvalue weighted by molar-refractivity contribution is 5.07. The molecule has 0 radical (unpaired) electrons. The quantitative estimate of drug-likeness (QED) is 0.696. The summed E-state index contributed by atoms with van der Waals surface area (Å²) in [5.74, 6) is 0.794. The second-order valence-corrected chi connectivity index (χ2v) is 3.86. The Labute approximate surface area is 73.2 Å². The molecule has 1 fully saturated rings. The van der Waals surface area contributed by atoms with Gasteiger partial charge >= 0.3 is 0 Å². The Kier molecular flexibility index (Phi) is 2.35. The summed E-state index contributed by atoms with van der Waals surface area (Å²) in [7, 11) is 0. The average Bonchev–Trinajstić information content (AvgIpc) is 2.90. The van der Waals surface area contributed by atoms with Gasteiger partial charge in [0, 0.05) is 0 Å². The number of hydrogen-bond acceptors (Lipinski definition) is 2. The first-order valence-corrected chi connectivity index (χ1v) is 4.85. The van der Waals surface area contributed by atoms with E-state index in [1.165, 1.54) is 12.8 Å². The maximum absolute atomic E-state index is 9.74. The standard InChI is InChI=1S/C10H16O2/c11-10(6-8-3-4-8)9-2-1-5-12-7-9/h7-8,10-11H,1-6H2. The van der Waals surface area contributed by atoms with E-state index < -0.39 is 0 Å². The molecule has 1 saturated carbocycles. The van der Waals surface area contributed by atoms with Gasteiger partial charge in [0.25, 0.3) is 0 Å². The van der Waals surface area contributed by atoms with Gasteiger partial charge < -0.3 is 9.84 Å². The predicted octanol–water partition coefficient (Wildman–Crippen LogP) is 1.84. The fourth-order valence-corrected chi connectivity index (χ4v) is 1.65. The van der Waals surface area contributed by atoms with Gasteiger partial charge in [0.15, 0.2) is 0 Å². The summed E-state index contributed by atoms with van der Waals surface area (Å²) < 4.78 is 5.18. The van der Waals surface area contributed by atoms with E-state index in [9.17, 15) is 5.11 Å². The van der Waals surface area contributed by atoms with Gasteiger partial charge in [-0.2, -0.15) is 0 Å². The maximum atomic E-state index is 9.74. The third-order valence-electron chi connectivity index (χ3n) is 2.64. The Morgan fingerprint density at radius 3 is 3.00 bits per heavy atom. The second kappa shape index (κ2) is 3.48. The van der Waals surface area contributed by atoms with Gasteiger partial charge in [0.2, 0.25) is 0 Å². The molecular formula is C10H16O2. The number of hydrogen-bond donors (Lipinski definition) is 1. The molecule has 0 bridgehead atoms. The van der Waals surface area contributed by atoms with Crippen LogP contribution in [0.1, 0.15) is 32.1 Å². The van der Waals surface area contributed by atoms with Gasteiger partial charge in [-0.1, -0.05) is 12.8 Å². The molecule has 1 N–H and O–H groups in total. The Hall–Kier alpha value is -0.500. The van der Waals surface area contributed by atoms with E-state index in [-0.39, 0.29) is 6.10 Å². The van der Waals surface area contributed by atoms with Gasteiger partial charge in [-0.15, -0.1) is 0 Å². The minimum Gasteiger partial charge on any atom is -0.501 e. The summed E-state index contributed by atoms with van der Waals surface area (Å²) in [4.78, 5) is 0. The zero-order valence-corrected chi connectivity index (χ0v) is 7.33. The van der Waals surface area contributed by atoms with Crippen molar-refractivity contribution in [2.24, 2.45) is 5.92 Å². The van der Waals surface area contributed by atoms with Crippen molar-refractivity contribution in [3.8, 4) is 0 Å². The highest BCUT2D eigenvalue weighted by Crippen LogP contribution is 2.35. The minimum absolute atomic E-state index is 0.224. The number of ether oxygens (including phenoxy) is 1. The van der Waals surface area contributed by atoms with E-state index in [1.54, 1.807) is 6.26 Å². The third kappa shape index (κ3) is 2.01. The Morgan fingerprint density at radius 2 is 2.42 bits per heavy atom. The molecule has 1 heterocycles. The molecule has 12 heavy (non-hydrogen) atoms. The lowest BCUT2D eigenvalue weighted by Gasteiger charge is -2.18. The normalized spacial score (nSPS) is 25.9. The summed E-state index contributed by atoms with van der Waals surface area (Å²) in [5, 5.41) is 9.74. The van der Waals surface area contributed by atoms with Crippen LogP contribution in [0.3, 0.4) is 0 Å². The van der Waals surface area contributed by atoms with Crippen molar-refractivity contribution in [2.45, 2.75) is 38.2 Å². The molecule has 0 aromatic rings. The molecule has 2 aliphatic rings. The average molecular weight is 168 g/mol. The molecular weight excluding hydrogens is 152 g/mol. The van der Waals surface area contributed by atoms with Crippen LogP contribution in [-0.2, 0) is 4.74 Å². The van der Waals surface area contributed by atoms with E-state index in [4.69, 9.17) is 4.74 Å². The van der Waals surface area contributed by atoms with E-state index in [2.05, 4.69) is 0 Å². The summed E-state index contributed by atoms with van der Waals surface area (Å²) in [6.45, 7) is 0.819. The molecule has 1 aliphatic heterocycles.